The average molecular weight is 322 g/mol. The fourth-order valence-electron chi connectivity index (χ4n) is 1.86. The van der Waals surface area contributed by atoms with Gasteiger partial charge in [0.05, 0.1) is 7.11 Å². The molecule has 0 fully saturated rings. The SMILES string of the molecule is COC(=O)CCCCCC(CC(C)(C)SN=O)SN=O. The Labute approximate surface area is 128 Å². The van der Waals surface area contributed by atoms with Gasteiger partial charge in [0.2, 0.25) is 0 Å². The molecule has 0 bridgehead atoms. The van der Waals surface area contributed by atoms with Crippen molar-refractivity contribution >= 4 is 29.9 Å². The third-order valence-electron chi connectivity index (χ3n) is 2.83. The summed E-state index contributed by atoms with van der Waals surface area (Å²) < 4.78 is 10.0. The van der Waals surface area contributed by atoms with Crippen molar-refractivity contribution in [3.8, 4) is 0 Å². The third-order valence-corrected chi connectivity index (χ3v) is 4.35. The molecule has 0 saturated heterocycles. The van der Waals surface area contributed by atoms with Gasteiger partial charge in [-0.15, -0.1) is 9.81 Å². The minimum absolute atomic E-state index is 0.0786. The molecule has 0 amide bonds. The molecular formula is C12H22N2O4S2. The lowest BCUT2D eigenvalue weighted by Gasteiger charge is -2.23. The van der Waals surface area contributed by atoms with E-state index >= 15 is 0 Å². The molecule has 0 radical (unpaired) electrons. The molecule has 0 rings (SSSR count). The number of ether oxygens (including phenoxy) is 1. The molecule has 1 atom stereocenters. The Bertz CT molecular complexity index is 314. The summed E-state index contributed by atoms with van der Waals surface area (Å²) in [5.41, 5.74) is 0. The van der Waals surface area contributed by atoms with E-state index in [0.29, 0.717) is 12.8 Å². The number of carbonyl (C=O) groups is 1. The maximum Gasteiger partial charge on any atom is 0.305 e. The van der Waals surface area contributed by atoms with E-state index in [-0.39, 0.29) is 16.0 Å². The zero-order valence-electron chi connectivity index (χ0n) is 12.2. The summed E-state index contributed by atoms with van der Waals surface area (Å²) >= 11 is 2.01. The van der Waals surface area contributed by atoms with Crippen molar-refractivity contribution in [2.24, 2.45) is 9.16 Å². The number of nitrogens with zero attached hydrogens (tertiary/aromatic N) is 2. The maximum absolute atomic E-state index is 10.9. The van der Waals surface area contributed by atoms with Crippen LogP contribution < -0.4 is 0 Å². The van der Waals surface area contributed by atoms with Crippen LogP contribution in [0.5, 0.6) is 0 Å². The molecule has 20 heavy (non-hydrogen) atoms. The molecule has 0 saturated carbocycles. The summed E-state index contributed by atoms with van der Waals surface area (Å²) in [6.07, 6.45) is 4.56. The number of nitroso groups, excluding NO2 is 2. The van der Waals surface area contributed by atoms with E-state index in [1.807, 2.05) is 13.8 Å². The van der Waals surface area contributed by atoms with Gasteiger partial charge in [0.25, 0.3) is 0 Å². The fraction of sp³-hybridized carbons (Fsp3) is 0.917. The molecule has 116 valence electrons. The van der Waals surface area contributed by atoms with Crippen LogP contribution in [0, 0.1) is 9.81 Å². The highest BCUT2D eigenvalue weighted by atomic mass is 32.2. The second-order valence-corrected chi connectivity index (χ2v) is 7.57. The minimum atomic E-state index is -0.296. The quantitative estimate of drug-likeness (QED) is 0.228. The molecule has 8 heteroatoms. The summed E-state index contributed by atoms with van der Waals surface area (Å²) in [5, 5.41) is 0.0786. The highest BCUT2D eigenvalue weighted by molar-refractivity contribution is 7.99. The van der Waals surface area contributed by atoms with Gasteiger partial charge in [-0.05, 0) is 33.1 Å². The van der Waals surface area contributed by atoms with Crippen LogP contribution in [0.15, 0.2) is 9.16 Å². The third kappa shape index (κ3) is 10.2. The number of unbranched alkanes of at least 4 members (excludes halogenated alkanes) is 2. The lowest BCUT2D eigenvalue weighted by atomic mass is 10.0. The molecule has 0 aliphatic rings. The van der Waals surface area contributed by atoms with E-state index in [4.69, 9.17) is 0 Å². The average Bonchev–Trinajstić information content (AvgIpc) is 2.37. The van der Waals surface area contributed by atoms with Crippen LogP contribution >= 0.6 is 23.9 Å². The van der Waals surface area contributed by atoms with E-state index in [1.54, 1.807) is 0 Å². The largest absolute Gasteiger partial charge is 0.469 e. The van der Waals surface area contributed by atoms with Crippen LogP contribution in [0.2, 0.25) is 0 Å². The van der Waals surface area contributed by atoms with Crippen molar-refractivity contribution in [1.82, 2.24) is 0 Å². The number of esters is 1. The van der Waals surface area contributed by atoms with Gasteiger partial charge in [-0.1, -0.05) is 12.8 Å². The summed E-state index contributed by atoms with van der Waals surface area (Å²) in [7, 11) is 1.38. The van der Waals surface area contributed by atoms with E-state index in [0.717, 1.165) is 49.6 Å². The molecule has 0 aromatic rings. The minimum Gasteiger partial charge on any atom is -0.469 e. The van der Waals surface area contributed by atoms with E-state index in [2.05, 4.69) is 13.9 Å². The first-order valence-electron chi connectivity index (χ1n) is 6.51. The Morgan fingerprint density at radius 1 is 1.20 bits per heavy atom. The van der Waals surface area contributed by atoms with Crippen molar-refractivity contribution in [2.45, 2.75) is 62.4 Å². The van der Waals surface area contributed by atoms with E-state index in [9.17, 15) is 14.6 Å². The molecular weight excluding hydrogens is 300 g/mol. The summed E-state index contributed by atoms with van der Waals surface area (Å²) in [6.45, 7) is 3.85. The summed E-state index contributed by atoms with van der Waals surface area (Å²) in [5.74, 6) is -0.194. The monoisotopic (exact) mass is 322 g/mol. The molecule has 0 aliphatic heterocycles. The Morgan fingerprint density at radius 3 is 2.45 bits per heavy atom. The first-order valence-corrected chi connectivity index (χ1v) is 8.12. The molecule has 0 aliphatic carbocycles. The Morgan fingerprint density at radius 2 is 1.90 bits per heavy atom. The molecule has 0 spiro atoms. The van der Waals surface area contributed by atoms with Crippen LogP contribution in [0.4, 0.5) is 0 Å². The van der Waals surface area contributed by atoms with Crippen molar-refractivity contribution in [3.05, 3.63) is 9.81 Å². The van der Waals surface area contributed by atoms with Crippen molar-refractivity contribution in [3.63, 3.8) is 0 Å². The van der Waals surface area contributed by atoms with Crippen molar-refractivity contribution < 1.29 is 9.53 Å². The molecule has 0 aromatic carbocycles. The lowest BCUT2D eigenvalue weighted by Crippen LogP contribution is -2.20. The second kappa shape index (κ2) is 11.1. The Kier molecular flexibility index (Phi) is 10.7. The van der Waals surface area contributed by atoms with Gasteiger partial charge in [0.15, 0.2) is 0 Å². The van der Waals surface area contributed by atoms with Crippen LogP contribution in [0.25, 0.3) is 0 Å². The van der Waals surface area contributed by atoms with Gasteiger partial charge in [-0.3, -0.25) is 4.79 Å². The highest BCUT2D eigenvalue weighted by Crippen LogP contribution is 2.35. The first kappa shape index (κ1) is 19.4. The van der Waals surface area contributed by atoms with E-state index < -0.39 is 0 Å². The molecule has 0 N–H and O–H groups in total. The Hall–Kier alpha value is -0.630. The molecule has 0 aromatic heterocycles. The number of methoxy groups -OCH3 is 1. The zero-order valence-corrected chi connectivity index (χ0v) is 13.8. The summed E-state index contributed by atoms with van der Waals surface area (Å²) in [4.78, 5) is 31.7. The standard InChI is InChI=1S/C12H22N2O4S2/c1-12(2,20-14-17)9-10(19-13-16)7-5-4-6-8-11(15)18-3/h10H,4-9H2,1-3H3. The normalized spacial score (nSPS) is 12.8. The molecule has 0 heterocycles. The second-order valence-electron chi connectivity index (χ2n) is 5.11. The van der Waals surface area contributed by atoms with Gasteiger partial charge in [-0.25, -0.2) is 0 Å². The van der Waals surface area contributed by atoms with Crippen LogP contribution in [0.3, 0.4) is 0 Å². The summed E-state index contributed by atoms with van der Waals surface area (Å²) in [6, 6.07) is 0. The van der Waals surface area contributed by atoms with Crippen molar-refractivity contribution in [2.75, 3.05) is 7.11 Å². The zero-order chi connectivity index (χ0) is 15.4. The predicted octanol–water partition coefficient (Wildman–Crippen LogP) is 4.48. The lowest BCUT2D eigenvalue weighted by molar-refractivity contribution is -0.140. The van der Waals surface area contributed by atoms with E-state index in [1.165, 1.54) is 7.11 Å². The number of hydrogen-bond donors (Lipinski definition) is 0. The van der Waals surface area contributed by atoms with Gasteiger partial charge in [-0.2, -0.15) is 0 Å². The number of hydrogen-bond acceptors (Lipinski definition) is 8. The fourth-order valence-corrected chi connectivity index (χ4v) is 3.33. The number of carbonyl (C=O) groups excluding carboxylic acids is 1. The van der Waals surface area contributed by atoms with Gasteiger partial charge in [0, 0.05) is 49.5 Å². The Balaban J connectivity index is 3.99. The predicted molar refractivity (Wildman–Crippen MR) is 84.4 cm³/mol. The van der Waals surface area contributed by atoms with Gasteiger partial charge >= 0.3 is 5.97 Å². The molecule has 6 nitrogen and oxygen atoms in total. The molecule has 1 unspecified atom stereocenters. The van der Waals surface area contributed by atoms with Crippen LogP contribution in [0.1, 0.15) is 52.4 Å². The number of rotatable bonds is 12. The topological polar surface area (TPSA) is 85.2 Å². The first-order chi connectivity index (χ1) is 9.45. The smallest absolute Gasteiger partial charge is 0.305 e. The van der Waals surface area contributed by atoms with Crippen LogP contribution in [-0.4, -0.2) is 23.1 Å². The van der Waals surface area contributed by atoms with Crippen molar-refractivity contribution in [1.29, 1.82) is 0 Å². The van der Waals surface area contributed by atoms with Gasteiger partial charge in [0.1, 0.15) is 0 Å². The van der Waals surface area contributed by atoms with Crippen LogP contribution in [-0.2, 0) is 9.53 Å². The van der Waals surface area contributed by atoms with Gasteiger partial charge < -0.3 is 4.74 Å². The maximum atomic E-state index is 10.9. The highest BCUT2D eigenvalue weighted by Gasteiger charge is 2.25.